The highest BCUT2D eigenvalue weighted by Gasteiger charge is 1.97. The Balaban J connectivity index is 2.86. The van der Waals surface area contributed by atoms with Crippen molar-refractivity contribution < 1.29 is 0 Å². The SMILES string of the molecule is CNCC=Cc1ccc(N=C=S)c(Cl)c1. The third-order valence-electron chi connectivity index (χ3n) is 1.77. The van der Waals surface area contributed by atoms with Gasteiger partial charge in [0.15, 0.2) is 0 Å². The van der Waals surface area contributed by atoms with E-state index in [1.54, 1.807) is 0 Å². The topological polar surface area (TPSA) is 24.4 Å². The van der Waals surface area contributed by atoms with E-state index < -0.39 is 0 Å². The monoisotopic (exact) mass is 238 g/mol. The lowest BCUT2D eigenvalue weighted by Crippen LogP contribution is -2.03. The van der Waals surface area contributed by atoms with E-state index in [-0.39, 0.29) is 0 Å². The second kappa shape index (κ2) is 6.49. The zero-order valence-electron chi connectivity index (χ0n) is 8.33. The van der Waals surface area contributed by atoms with Crippen LogP contribution in [0.15, 0.2) is 29.3 Å². The molecule has 1 aromatic rings. The Hall–Kier alpha value is -0.990. The lowest BCUT2D eigenvalue weighted by atomic mass is 10.2. The molecule has 0 fully saturated rings. The van der Waals surface area contributed by atoms with Crippen molar-refractivity contribution in [2.24, 2.45) is 4.99 Å². The molecule has 0 aromatic heterocycles. The zero-order chi connectivity index (χ0) is 11.1. The summed E-state index contributed by atoms with van der Waals surface area (Å²) in [6, 6.07) is 5.60. The fourth-order valence-corrected chi connectivity index (χ4v) is 1.41. The molecular formula is C11H11ClN2S. The molecule has 0 aliphatic heterocycles. The van der Waals surface area contributed by atoms with Crippen molar-refractivity contribution in [2.45, 2.75) is 0 Å². The summed E-state index contributed by atoms with van der Waals surface area (Å²) < 4.78 is 0. The molecule has 78 valence electrons. The first-order valence-electron chi connectivity index (χ1n) is 4.46. The van der Waals surface area contributed by atoms with Crippen LogP contribution < -0.4 is 5.32 Å². The first-order valence-corrected chi connectivity index (χ1v) is 5.25. The standard InChI is InChI=1S/C11H11ClN2S/c1-13-6-2-3-9-4-5-11(14-8-15)10(12)7-9/h2-5,7,13H,6H2,1H3. The Bertz CT molecular complexity index is 409. The van der Waals surface area contributed by atoms with Crippen LogP contribution in [0.4, 0.5) is 5.69 Å². The molecule has 0 heterocycles. The van der Waals surface area contributed by atoms with E-state index in [9.17, 15) is 0 Å². The molecule has 1 rings (SSSR count). The van der Waals surface area contributed by atoms with Gasteiger partial charge in [-0.2, -0.15) is 4.99 Å². The van der Waals surface area contributed by atoms with Crippen molar-refractivity contribution in [3.63, 3.8) is 0 Å². The summed E-state index contributed by atoms with van der Waals surface area (Å²) in [5, 5.41) is 5.90. The third kappa shape index (κ3) is 3.94. The molecule has 0 saturated carbocycles. The van der Waals surface area contributed by atoms with Crippen LogP contribution in [0.2, 0.25) is 5.02 Å². The van der Waals surface area contributed by atoms with Gasteiger partial charge in [-0.15, -0.1) is 0 Å². The van der Waals surface area contributed by atoms with Crippen molar-refractivity contribution in [3.8, 4) is 0 Å². The van der Waals surface area contributed by atoms with Crippen LogP contribution in [0.1, 0.15) is 5.56 Å². The normalized spacial score (nSPS) is 10.3. The zero-order valence-corrected chi connectivity index (χ0v) is 9.90. The molecular weight excluding hydrogens is 228 g/mol. The molecule has 2 nitrogen and oxygen atoms in total. The predicted octanol–water partition coefficient (Wildman–Crippen LogP) is 3.31. The molecule has 0 aliphatic carbocycles. The first kappa shape index (κ1) is 12.1. The van der Waals surface area contributed by atoms with E-state index in [0.29, 0.717) is 10.7 Å². The van der Waals surface area contributed by atoms with Crippen molar-refractivity contribution >= 4 is 40.7 Å². The second-order valence-corrected chi connectivity index (χ2v) is 3.46. The highest BCUT2D eigenvalue weighted by molar-refractivity contribution is 7.78. The van der Waals surface area contributed by atoms with E-state index in [1.165, 1.54) is 0 Å². The van der Waals surface area contributed by atoms with Gasteiger partial charge in [-0.3, -0.25) is 0 Å². The lowest BCUT2D eigenvalue weighted by Gasteiger charge is -1.98. The number of likely N-dealkylation sites (N-methyl/N-ethyl adjacent to an activating group) is 1. The number of benzene rings is 1. The molecule has 1 N–H and O–H groups in total. The van der Waals surface area contributed by atoms with Gasteiger partial charge < -0.3 is 5.32 Å². The molecule has 4 heteroatoms. The van der Waals surface area contributed by atoms with Gasteiger partial charge in [-0.1, -0.05) is 29.8 Å². The highest BCUT2D eigenvalue weighted by Crippen LogP contribution is 2.25. The second-order valence-electron chi connectivity index (χ2n) is 2.87. The molecule has 0 radical (unpaired) electrons. The molecule has 0 saturated heterocycles. The maximum Gasteiger partial charge on any atom is 0.0926 e. The molecule has 0 spiro atoms. The van der Waals surface area contributed by atoms with Crippen molar-refractivity contribution in [2.75, 3.05) is 13.6 Å². The smallest absolute Gasteiger partial charge is 0.0926 e. The Morgan fingerprint density at radius 2 is 2.40 bits per heavy atom. The van der Waals surface area contributed by atoms with E-state index in [1.807, 2.05) is 37.4 Å². The minimum Gasteiger partial charge on any atom is -0.316 e. The summed E-state index contributed by atoms with van der Waals surface area (Å²) in [5.41, 5.74) is 1.69. The van der Waals surface area contributed by atoms with Crippen LogP contribution in [0.5, 0.6) is 0 Å². The average Bonchev–Trinajstić information content (AvgIpc) is 2.23. The fraction of sp³-hybridized carbons (Fsp3) is 0.182. The fourth-order valence-electron chi connectivity index (χ4n) is 1.08. The Labute approximate surface area is 99.7 Å². The number of nitrogens with one attached hydrogen (secondary N) is 1. The maximum absolute atomic E-state index is 5.99. The van der Waals surface area contributed by atoms with Crippen molar-refractivity contribution in [1.29, 1.82) is 0 Å². The number of aliphatic imine (C=N–C) groups is 1. The third-order valence-corrected chi connectivity index (χ3v) is 2.16. The summed E-state index contributed by atoms with van der Waals surface area (Å²) >= 11 is 10.5. The lowest BCUT2D eigenvalue weighted by molar-refractivity contribution is 0.922. The van der Waals surface area contributed by atoms with Gasteiger partial charge >= 0.3 is 0 Å². The summed E-state index contributed by atoms with van der Waals surface area (Å²) in [4.78, 5) is 3.84. The quantitative estimate of drug-likeness (QED) is 0.643. The van der Waals surface area contributed by atoms with Crippen molar-refractivity contribution in [1.82, 2.24) is 5.32 Å². The summed E-state index contributed by atoms with van der Waals surface area (Å²) in [6.07, 6.45) is 4.01. The number of halogens is 1. The van der Waals surface area contributed by atoms with Crippen LogP contribution in [0, 0.1) is 0 Å². The summed E-state index contributed by atoms with van der Waals surface area (Å²) in [7, 11) is 1.90. The maximum atomic E-state index is 5.99. The van der Waals surface area contributed by atoms with Crippen LogP contribution >= 0.6 is 23.8 Å². The molecule has 0 atom stereocenters. The predicted molar refractivity (Wildman–Crippen MR) is 69.1 cm³/mol. The molecule has 1 aromatic carbocycles. The average molecular weight is 239 g/mol. The van der Waals surface area contributed by atoms with Gasteiger partial charge in [0, 0.05) is 6.54 Å². The van der Waals surface area contributed by atoms with Gasteiger partial charge in [0.1, 0.15) is 0 Å². The molecule has 0 aliphatic rings. The number of isothiocyanates is 1. The van der Waals surface area contributed by atoms with Crippen LogP contribution in [-0.2, 0) is 0 Å². The number of hydrogen-bond acceptors (Lipinski definition) is 3. The largest absolute Gasteiger partial charge is 0.316 e. The van der Waals surface area contributed by atoms with E-state index >= 15 is 0 Å². The summed E-state index contributed by atoms with van der Waals surface area (Å²) in [5.74, 6) is 0. The Morgan fingerprint density at radius 1 is 1.60 bits per heavy atom. The molecule has 0 unspecified atom stereocenters. The number of nitrogens with zero attached hydrogens (tertiary/aromatic N) is 1. The van der Waals surface area contributed by atoms with E-state index in [0.717, 1.165) is 12.1 Å². The summed E-state index contributed by atoms with van der Waals surface area (Å²) in [6.45, 7) is 0.831. The highest BCUT2D eigenvalue weighted by atomic mass is 35.5. The number of thiocarbonyl (C=S) groups is 1. The number of rotatable bonds is 4. The minimum atomic E-state index is 0.582. The molecule has 15 heavy (non-hydrogen) atoms. The van der Waals surface area contributed by atoms with Crippen LogP contribution in [-0.4, -0.2) is 18.8 Å². The Morgan fingerprint density at radius 3 is 3.00 bits per heavy atom. The van der Waals surface area contributed by atoms with Crippen LogP contribution in [0.25, 0.3) is 6.08 Å². The van der Waals surface area contributed by atoms with Gasteiger partial charge in [0.2, 0.25) is 0 Å². The van der Waals surface area contributed by atoms with E-state index in [4.69, 9.17) is 11.6 Å². The molecule has 0 amide bonds. The minimum absolute atomic E-state index is 0.582. The van der Waals surface area contributed by atoms with Gasteiger partial charge in [0.05, 0.1) is 15.9 Å². The van der Waals surface area contributed by atoms with Crippen LogP contribution in [0.3, 0.4) is 0 Å². The molecule has 0 bridgehead atoms. The number of hydrogen-bond donors (Lipinski definition) is 1. The van der Waals surface area contributed by atoms with Gasteiger partial charge in [-0.25, -0.2) is 0 Å². The first-order chi connectivity index (χ1) is 7.27. The van der Waals surface area contributed by atoms with Crippen molar-refractivity contribution in [3.05, 3.63) is 34.9 Å². The van der Waals surface area contributed by atoms with E-state index in [2.05, 4.69) is 27.7 Å². The van der Waals surface area contributed by atoms with Gasteiger partial charge in [-0.05, 0) is 37.0 Å². The Kier molecular flexibility index (Phi) is 5.22. The van der Waals surface area contributed by atoms with Gasteiger partial charge in [0.25, 0.3) is 0 Å².